The van der Waals surface area contributed by atoms with Gasteiger partial charge in [0, 0.05) is 6.54 Å². The first-order valence-electron chi connectivity index (χ1n) is 7.32. The highest BCUT2D eigenvalue weighted by molar-refractivity contribution is 7.12. The number of benzene rings is 1. The monoisotopic (exact) mass is 348 g/mol. The van der Waals surface area contributed by atoms with E-state index in [1.165, 1.54) is 18.4 Å². The lowest BCUT2D eigenvalue weighted by atomic mass is 10.1. The summed E-state index contributed by atoms with van der Waals surface area (Å²) >= 11 is 1.36. The number of nitrogens with zero attached hydrogens (tertiary/aromatic N) is 1. The average Bonchev–Trinajstić information content (AvgIpc) is 3.15. The number of thiophene rings is 1. The first-order chi connectivity index (χ1) is 11.7. The number of ether oxygens (including phenoxy) is 3. The molecular weight excluding hydrogens is 328 g/mol. The van der Waals surface area contributed by atoms with Crippen molar-refractivity contribution in [2.24, 2.45) is 4.99 Å². The Morgan fingerprint density at radius 3 is 2.58 bits per heavy atom. The van der Waals surface area contributed by atoms with E-state index in [-0.39, 0.29) is 11.9 Å². The van der Waals surface area contributed by atoms with Gasteiger partial charge in [0.2, 0.25) is 0 Å². The summed E-state index contributed by atoms with van der Waals surface area (Å²) in [5.74, 6) is 1.14. The highest BCUT2D eigenvalue weighted by Crippen LogP contribution is 2.27. The molecule has 1 N–H and O–H groups in total. The van der Waals surface area contributed by atoms with Crippen molar-refractivity contribution in [3.63, 3.8) is 0 Å². The van der Waals surface area contributed by atoms with Crippen LogP contribution in [0.5, 0.6) is 11.5 Å². The fourth-order valence-corrected chi connectivity index (χ4v) is 2.66. The molecular formula is C17H20N2O4S. The Balaban J connectivity index is 1.94. The molecule has 24 heavy (non-hydrogen) atoms. The number of carbonyl (C=O) groups is 1. The van der Waals surface area contributed by atoms with Crippen LogP contribution in [0.25, 0.3) is 0 Å². The van der Waals surface area contributed by atoms with Gasteiger partial charge in [-0.2, -0.15) is 0 Å². The molecule has 0 bridgehead atoms. The van der Waals surface area contributed by atoms with E-state index in [9.17, 15) is 4.79 Å². The van der Waals surface area contributed by atoms with E-state index in [1.807, 2.05) is 29.6 Å². The summed E-state index contributed by atoms with van der Waals surface area (Å²) in [6, 6.07) is 9.48. The van der Waals surface area contributed by atoms with Gasteiger partial charge in [0.25, 0.3) is 11.9 Å². The number of aliphatic imine (C=N–C) groups is 1. The molecule has 128 valence electrons. The Labute approximate surface area is 145 Å². The van der Waals surface area contributed by atoms with Gasteiger partial charge in [0.15, 0.2) is 11.5 Å². The van der Waals surface area contributed by atoms with Gasteiger partial charge in [-0.25, -0.2) is 4.99 Å². The molecule has 1 aromatic heterocycles. The topological polar surface area (TPSA) is 69.2 Å². The zero-order valence-corrected chi connectivity index (χ0v) is 14.7. The Hall–Kier alpha value is -2.54. The van der Waals surface area contributed by atoms with Crippen LogP contribution in [0.15, 0.2) is 40.7 Å². The van der Waals surface area contributed by atoms with E-state index in [0.717, 1.165) is 5.56 Å². The number of rotatable bonds is 6. The number of methoxy groups -OCH3 is 3. The summed E-state index contributed by atoms with van der Waals surface area (Å²) in [5.41, 5.74) is 1.05. The summed E-state index contributed by atoms with van der Waals surface area (Å²) in [7, 11) is 4.68. The highest BCUT2D eigenvalue weighted by atomic mass is 32.1. The van der Waals surface area contributed by atoms with Crippen molar-refractivity contribution in [1.82, 2.24) is 5.32 Å². The molecule has 6 nitrogen and oxygen atoms in total. The second-order valence-corrected chi connectivity index (χ2v) is 5.71. The minimum Gasteiger partial charge on any atom is -0.493 e. The van der Waals surface area contributed by atoms with Crippen LogP contribution in [0.3, 0.4) is 0 Å². The van der Waals surface area contributed by atoms with Crippen molar-refractivity contribution in [2.75, 3.05) is 27.9 Å². The summed E-state index contributed by atoms with van der Waals surface area (Å²) < 4.78 is 15.6. The van der Waals surface area contributed by atoms with Crippen molar-refractivity contribution in [3.8, 4) is 11.5 Å². The average molecular weight is 348 g/mol. The predicted octanol–water partition coefficient (Wildman–Crippen LogP) is 2.74. The number of carbonyl (C=O) groups excluding carboxylic acids is 1. The van der Waals surface area contributed by atoms with Crippen molar-refractivity contribution >= 4 is 23.3 Å². The lowest BCUT2D eigenvalue weighted by Crippen LogP contribution is -2.31. The van der Waals surface area contributed by atoms with Gasteiger partial charge in [0.1, 0.15) is 0 Å². The molecule has 0 atom stereocenters. The van der Waals surface area contributed by atoms with Gasteiger partial charge in [-0.3, -0.25) is 10.1 Å². The summed E-state index contributed by atoms with van der Waals surface area (Å²) in [6.45, 7) is 0.476. The van der Waals surface area contributed by atoms with E-state index in [1.54, 1.807) is 20.3 Å². The molecule has 7 heteroatoms. The third-order valence-electron chi connectivity index (χ3n) is 3.26. The lowest BCUT2D eigenvalue weighted by Gasteiger charge is -2.09. The van der Waals surface area contributed by atoms with Crippen molar-refractivity contribution in [2.45, 2.75) is 6.42 Å². The van der Waals surface area contributed by atoms with Crippen LogP contribution in [0.2, 0.25) is 0 Å². The predicted molar refractivity (Wildman–Crippen MR) is 94.3 cm³/mol. The van der Waals surface area contributed by atoms with Crippen LogP contribution in [-0.4, -0.2) is 39.8 Å². The molecule has 0 aliphatic heterocycles. The maximum Gasteiger partial charge on any atom is 0.291 e. The van der Waals surface area contributed by atoms with E-state index < -0.39 is 0 Å². The number of nitrogens with one attached hydrogen (secondary N) is 1. The van der Waals surface area contributed by atoms with Crippen LogP contribution in [0.1, 0.15) is 15.2 Å². The molecule has 0 radical (unpaired) electrons. The molecule has 1 aromatic carbocycles. The number of amides is 1. The Morgan fingerprint density at radius 1 is 1.17 bits per heavy atom. The zero-order chi connectivity index (χ0) is 17.4. The molecule has 2 aromatic rings. The van der Waals surface area contributed by atoms with Crippen molar-refractivity contribution in [3.05, 3.63) is 46.2 Å². The molecule has 1 heterocycles. The second-order valence-electron chi connectivity index (χ2n) is 4.76. The van der Waals surface area contributed by atoms with Crippen LogP contribution in [0.4, 0.5) is 0 Å². The van der Waals surface area contributed by atoms with Gasteiger partial charge in [-0.1, -0.05) is 12.1 Å². The number of amidine groups is 1. The summed E-state index contributed by atoms with van der Waals surface area (Å²) in [5, 5.41) is 4.49. The van der Waals surface area contributed by atoms with Gasteiger partial charge >= 0.3 is 0 Å². The van der Waals surface area contributed by atoms with Crippen molar-refractivity contribution in [1.29, 1.82) is 0 Å². The molecule has 0 aliphatic rings. The molecule has 0 fully saturated rings. The molecule has 1 amide bonds. The van der Waals surface area contributed by atoms with E-state index in [0.29, 0.717) is 29.3 Å². The van der Waals surface area contributed by atoms with Gasteiger partial charge < -0.3 is 14.2 Å². The van der Waals surface area contributed by atoms with Crippen LogP contribution >= 0.6 is 11.3 Å². The molecule has 0 saturated carbocycles. The van der Waals surface area contributed by atoms with E-state index in [2.05, 4.69) is 10.3 Å². The van der Waals surface area contributed by atoms with Crippen LogP contribution < -0.4 is 14.8 Å². The number of hydrogen-bond acceptors (Lipinski definition) is 6. The third kappa shape index (κ3) is 4.73. The van der Waals surface area contributed by atoms with Gasteiger partial charge in [0.05, 0.1) is 26.2 Å². The van der Waals surface area contributed by atoms with E-state index >= 15 is 0 Å². The summed E-state index contributed by atoms with van der Waals surface area (Å²) in [4.78, 5) is 16.9. The third-order valence-corrected chi connectivity index (χ3v) is 4.13. The fraction of sp³-hybridized carbons (Fsp3) is 0.294. The molecule has 0 unspecified atom stereocenters. The van der Waals surface area contributed by atoms with Crippen LogP contribution in [0, 0.1) is 0 Å². The quantitative estimate of drug-likeness (QED) is 0.644. The Bertz CT molecular complexity index is 699. The molecule has 2 rings (SSSR count). The normalized spacial score (nSPS) is 11.0. The molecule has 0 saturated heterocycles. The first-order valence-corrected chi connectivity index (χ1v) is 8.20. The Morgan fingerprint density at radius 2 is 1.96 bits per heavy atom. The van der Waals surface area contributed by atoms with Crippen molar-refractivity contribution < 1.29 is 19.0 Å². The van der Waals surface area contributed by atoms with Gasteiger partial charge in [-0.05, 0) is 35.6 Å². The smallest absolute Gasteiger partial charge is 0.291 e. The maximum atomic E-state index is 12.0. The van der Waals surface area contributed by atoms with E-state index in [4.69, 9.17) is 14.2 Å². The zero-order valence-electron chi connectivity index (χ0n) is 13.9. The molecule has 0 spiro atoms. The van der Waals surface area contributed by atoms with Gasteiger partial charge in [-0.15, -0.1) is 11.3 Å². The lowest BCUT2D eigenvalue weighted by molar-refractivity contribution is 0.0972. The van der Waals surface area contributed by atoms with Crippen LogP contribution in [-0.2, 0) is 11.2 Å². The fourth-order valence-electron chi connectivity index (χ4n) is 2.04. The standard InChI is InChI=1S/C17H20N2O4S/c1-21-13-7-6-12(11-14(13)22-2)8-9-18-17(23-3)19-16(20)15-5-4-10-24-15/h4-7,10-11H,8-9H2,1-3H3,(H,18,19,20). The summed E-state index contributed by atoms with van der Waals surface area (Å²) in [6.07, 6.45) is 0.683. The highest BCUT2D eigenvalue weighted by Gasteiger charge is 2.10. The number of hydrogen-bond donors (Lipinski definition) is 1. The SMILES string of the molecule is COC(=NCCc1ccc(OC)c(OC)c1)NC(=O)c1cccs1. The largest absolute Gasteiger partial charge is 0.493 e. The maximum absolute atomic E-state index is 12.0. The minimum absolute atomic E-state index is 0.203. The first kappa shape index (κ1) is 17.8. The molecule has 0 aliphatic carbocycles. The Kier molecular flexibility index (Phi) is 6.62. The minimum atomic E-state index is -0.225. The second kappa shape index (κ2) is 8.93.